The molecule has 7 heteroatoms. The van der Waals surface area contributed by atoms with Crippen LogP contribution >= 0.6 is 11.3 Å². The molecular formula is C17H20N6S. The lowest BCUT2D eigenvalue weighted by Gasteiger charge is -2.25. The lowest BCUT2D eigenvalue weighted by atomic mass is 10.1. The molecule has 3 aromatic rings. The third kappa shape index (κ3) is 2.58. The first kappa shape index (κ1) is 15.3. The van der Waals surface area contributed by atoms with E-state index in [0.717, 1.165) is 41.2 Å². The van der Waals surface area contributed by atoms with E-state index in [9.17, 15) is 0 Å². The molecule has 0 fully saturated rings. The van der Waals surface area contributed by atoms with Gasteiger partial charge in [0.15, 0.2) is 5.01 Å². The fraction of sp³-hybridized carbons (Fsp3) is 0.412. The van der Waals surface area contributed by atoms with Crippen molar-refractivity contribution in [1.29, 1.82) is 0 Å². The van der Waals surface area contributed by atoms with Crippen molar-refractivity contribution in [3.05, 3.63) is 41.6 Å². The molecule has 124 valence electrons. The van der Waals surface area contributed by atoms with Crippen LogP contribution in [0, 0.1) is 0 Å². The van der Waals surface area contributed by atoms with Gasteiger partial charge in [-0.3, -0.25) is 4.98 Å². The van der Waals surface area contributed by atoms with Gasteiger partial charge in [-0.15, -0.1) is 10.2 Å². The zero-order valence-corrected chi connectivity index (χ0v) is 14.9. The van der Waals surface area contributed by atoms with E-state index in [0.29, 0.717) is 5.92 Å². The number of pyridine rings is 1. The number of anilines is 1. The first-order valence-corrected chi connectivity index (χ1v) is 8.99. The summed E-state index contributed by atoms with van der Waals surface area (Å²) in [6.07, 6.45) is 2.77. The average molecular weight is 340 g/mol. The topological polar surface area (TPSA) is 59.7 Å². The smallest absolute Gasteiger partial charge is 0.209 e. The molecule has 1 aliphatic heterocycles. The molecule has 0 saturated heterocycles. The number of fused-ring (bicyclic) bond motifs is 1. The summed E-state index contributed by atoms with van der Waals surface area (Å²) < 4.78 is 2.26. The van der Waals surface area contributed by atoms with Gasteiger partial charge in [0.05, 0.1) is 12.2 Å². The van der Waals surface area contributed by atoms with Crippen LogP contribution < -0.4 is 4.90 Å². The van der Waals surface area contributed by atoms with Crippen molar-refractivity contribution >= 4 is 16.5 Å². The van der Waals surface area contributed by atoms with Crippen LogP contribution in [-0.2, 0) is 20.0 Å². The predicted octanol–water partition coefficient (Wildman–Crippen LogP) is 3.02. The van der Waals surface area contributed by atoms with Crippen LogP contribution in [0.3, 0.4) is 0 Å². The quantitative estimate of drug-likeness (QED) is 0.733. The second-order valence-corrected chi connectivity index (χ2v) is 7.31. The Bertz CT molecular complexity index is 851. The zero-order chi connectivity index (χ0) is 16.7. The molecule has 0 N–H and O–H groups in total. The third-order valence-electron chi connectivity index (χ3n) is 4.38. The maximum absolute atomic E-state index is 4.86. The van der Waals surface area contributed by atoms with E-state index < -0.39 is 0 Å². The van der Waals surface area contributed by atoms with Crippen LogP contribution in [0.4, 0.5) is 5.13 Å². The number of hydrogen-bond donors (Lipinski definition) is 0. The average Bonchev–Trinajstić information content (AvgIpc) is 3.21. The van der Waals surface area contributed by atoms with Gasteiger partial charge in [0.25, 0.3) is 0 Å². The van der Waals surface area contributed by atoms with E-state index in [-0.39, 0.29) is 0 Å². The van der Waals surface area contributed by atoms with Crippen molar-refractivity contribution in [2.24, 2.45) is 7.05 Å². The van der Waals surface area contributed by atoms with E-state index >= 15 is 0 Å². The van der Waals surface area contributed by atoms with Crippen LogP contribution in [0.2, 0.25) is 0 Å². The minimum Gasteiger partial charge on any atom is -0.340 e. The zero-order valence-electron chi connectivity index (χ0n) is 14.1. The minimum atomic E-state index is 0.436. The molecule has 24 heavy (non-hydrogen) atoms. The summed E-state index contributed by atoms with van der Waals surface area (Å²) in [5.41, 5.74) is 3.39. The fourth-order valence-corrected chi connectivity index (χ4v) is 4.01. The summed E-state index contributed by atoms with van der Waals surface area (Å²) >= 11 is 1.59. The molecule has 0 spiro atoms. The van der Waals surface area contributed by atoms with E-state index in [1.54, 1.807) is 17.5 Å². The molecule has 0 aromatic carbocycles. The van der Waals surface area contributed by atoms with E-state index in [4.69, 9.17) is 4.98 Å². The molecule has 0 aliphatic carbocycles. The molecule has 0 amide bonds. The molecule has 1 aliphatic rings. The van der Waals surface area contributed by atoms with Gasteiger partial charge in [-0.05, 0) is 12.1 Å². The lowest BCUT2D eigenvalue weighted by Crippen LogP contribution is -2.31. The lowest BCUT2D eigenvalue weighted by molar-refractivity contribution is 0.660. The number of nitrogens with zero attached hydrogens (tertiary/aromatic N) is 6. The van der Waals surface area contributed by atoms with Gasteiger partial charge in [-0.1, -0.05) is 31.3 Å². The normalized spacial score (nSPS) is 14.2. The third-order valence-corrected chi connectivity index (χ3v) is 5.38. The molecule has 0 saturated carbocycles. The summed E-state index contributed by atoms with van der Waals surface area (Å²) in [6.45, 7) is 6.12. The summed E-state index contributed by atoms with van der Waals surface area (Å²) in [6, 6.07) is 5.84. The highest BCUT2D eigenvalue weighted by atomic mass is 32.1. The monoisotopic (exact) mass is 340 g/mol. The first-order chi connectivity index (χ1) is 11.6. The van der Waals surface area contributed by atoms with Gasteiger partial charge >= 0.3 is 0 Å². The molecule has 0 radical (unpaired) electrons. The first-order valence-electron chi connectivity index (χ1n) is 8.17. The Balaban J connectivity index is 1.59. The summed E-state index contributed by atoms with van der Waals surface area (Å²) in [5, 5.41) is 10.5. The molecule has 0 bridgehead atoms. The largest absolute Gasteiger partial charge is 0.340 e. The van der Waals surface area contributed by atoms with Crippen LogP contribution in [0.25, 0.3) is 10.7 Å². The van der Waals surface area contributed by atoms with Gasteiger partial charge in [-0.25, -0.2) is 4.98 Å². The Hall–Kier alpha value is -2.28. The fourth-order valence-electron chi connectivity index (χ4n) is 3.16. The van der Waals surface area contributed by atoms with Gasteiger partial charge in [-0.2, -0.15) is 0 Å². The van der Waals surface area contributed by atoms with Gasteiger partial charge < -0.3 is 9.47 Å². The highest BCUT2D eigenvalue weighted by Gasteiger charge is 2.25. The van der Waals surface area contributed by atoms with Gasteiger partial charge in [0, 0.05) is 37.8 Å². The molecular weight excluding hydrogens is 320 g/mol. The Morgan fingerprint density at radius 2 is 2.08 bits per heavy atom. The van der Waals surface area contributed by atoms with Crippen molar-refractivity contribution in [2.75, 3.05) is 11.4 Å². The number of imidazole rings is 1. The Labute approximate surface area is 145 Å². The standard InChI is InChI=1S/C17H20N6S/c1-11(2)15-19-13-10-23(9-7-14(13)22(15)3)17-21-20-16(24-17)12-6-4-5-8-18-12/h4-6,8,11H,7,9-10H2,1-3H3. The second kappa shape index (κ2) is 5.98. The summed E-state index contributed by atoms with van der Waals surface area (Å²) in [7, 11) is 2.13. The van der Waals surface area contributed by atoms with Crippen molar-refractivity contribution in [1.82, 2.24) is 24.7 Å². The SMILES string of the molecule is CC(C)c1nc2c(n1C)CCN(c1nnc(-c3ccccn3)s1)C2. The van der Waals surface area contributed by atoms with E-state index in [2.05, 4.69) is 45.5 Å². The Morgan fingerprint density at radius 1 is 1.21 bits per heavy atom. The summed E-state index contributed by atoms with van der Waals surface area (Å²) in [4.78, 5) is 11.5. The molecule has 4 rings (SSSR count). The highest BCUT2D eigenvalue weighted by Crippen LogP contribution is 2.31. The number of rotatable bonds is 3. The Morgan fingerprint density at radius 3 is 2.83 bits per heavy atom. The van der Waals surface area contributed by atoms with Gasteiger partial charge in [0.1, 0.15) is 11.5 Å². The van der Waals surface area contributed by atoms with Crippen LogP contribution in [0.1, 0.15) is 37.0 Å². The van der Waals surface area contributed by atoms with Crippen LogP contribution in [0.5, 0.6) is 0 Å². The van der Waals surface area contributed by atoms with Gasteiger partial charge in [0.2, 0.25) is 5.13 Å². The Kier molecular flexibility index (Phi) is 3.80. The van der Waals surface area contributed by atoms with E-state index in [1.807, 2.05) is 18.2 Å². The maximum Gasteiger partial charge on any atom is 0.209 e. The van der Waals surface area contributed by atoms with Crippen molar-refractivity contribution in [2.45, 2.75) is 32.7 Å². The minimum absolute atomic E-state index is 0.436. The molecule has 6 nitrogen and oxygen atoms in total. The molecule has 0 atom stereocenters. The van der Waals surface area contributed by atoms with E-state index in [1.165, 1.54) is 11.4 Å². The number of hydrogen-bond acceptors (Lipinski definition) is 6. The summed E-state index contributed by atoms with van der Waals surface area (Å²) in [5.74, 6) is 1.60. The maximum atomic E-state index is 4.86. The van der Waals surface area contributed by atoms with Crippen LogP contribution in [0.15, 0.2) is 24.4 Å². The van der Waals surface area contributed by atoms with Crippen molar-refractivity contribution in [3.63, 3.8) is 0 Å². The predicted molar refractivity (Wildman–Crippen MR) is 95.2 cm³/mol. The molecule has 4 heterocycles. The van der Waals surface area contributed by atoms with Crippen molar-refractivity contribution in [3.8, 4) is 10.7 Å². The molecule has 3 aromatic heterocycles. The molecule has 0 unspecified atom stereocenters. The highest BCUT2D eigenvalue weighted by molar-refractivity contribution is 7.18. The van der Waals surface area contributed by atoms with Crippen LogP contribution in [-0.4, -0.2) is 31.3 Å². The second-order valence-electron chi connectivity index (χ2n) is 6.35. The van der Waals surface area contributed by atoms with Crippen molar-refractivity contribution < 1.29 is 0 Å². The number of aromatic nitrogens is 5.